The zero-order valence-electron chi connectivity index (χ0n) is 11.8. The van der Waals surface area contributed by atoms with Crippen LogP contribution in [-0.2, 0) is 6.54 Å². The number of hydrogen-bond acceptors (Lipinski definition) is 3. The molecule has 1 aliphatic rings. The second-order valence-electron chi connectivity index (χ2n) is 6.00. The van der Waals surface area contributed by atoms with Gasteiger partial charge in [-0.2, -0.15) is 0 Å². The van der Waals surface area contributed by atoms with E-state index in [1.54, 1.807) is 23.5 Å². The Kier molecular flexibility index (Phi) is 3.61. The summed E-state index contributed by atoms with van der Waals surface area (Å²) in [4.78, 5) is 4.63. The Hall–Kier alpha value is -1.26. The highest BCUT2D eigenvalue weighted by Gasteiger charge is 2.37. The number of benzene rings is 1. The van der Waals surface area contributed by atoms with Gasteiger partial charge in [0.2, 0.25) is 0 Å². The predicted octanol–water partition coefficient (Wildman–Crippen LogP) is 4.23. The summed E-state index contributed by atoms with van der Waals surface area (Å²) in [5.41, 5.74) is 2.23. The summed E-state index contributed by atoms with van der Waals surface area (Å²) in [5.74, 6) is 0.594. The molecule has 1 aliphatic carbocycles. The summed E-state index contributed by atoms with van der Waals surface area (Å²) in [6.07, 6.45) is 2.66. The van der Waals surface area contributed by atoms with E-state index >= 15 is 0 Å². The van der Waals surface area contributed by atoms with Crippen molar-refractivity contribution in [1.29, 1.82) is 0 Å². The van der Waals surface area contributed by atoms with Crippen molar-refractivity contribution < 1.29 is 4.39 Å². The maximum atomic E-state index is 12.9. The molecule has 1 heterocycles. The van der Waals surface area contributed by atoms with Crippen LogP contribution in [0.25, 0.3) is 10.6 Å². The molecule has 20 heavy (non-hydrogen) atoms. The fourth-order valence-electron chi connectivity index (χ4n) is 2.38. The van der Waals surface area contributed by atoms with Gasteiger partial charge in [-0.3, -0.25) is 0 Å². The Morgan fingerprint density at radius 3 is 2.65 bits per heavy atom. The SMILES string of the molecule is CC(C)(NCc1csc(-c2ccc(F)cc2)n1)C1CC1. The Labute approximate surface area is 123 Å². The molecular formula is C16H19FN2S. The van der Waals surface area contributed by atoms with Gasteiger partial charge in [0.05, 0.1) is 5.69 Å². The van der Waals surface area contributed by atoms with Crippen LogP contribution in [0, 0.1) is 11.7 Å². The maximum absolute atomic E-state index is 12.9. The van der Waals surface area contributed by atoms with Gasteiger partial charge in [0.1, 0.15) is 10.8 Å². The van der Waals surface area contributed by atoms with Crippen LogP contribution in [0.5, 0.6) is 0 Å². The lowest BCUT2D eigenvalue weighted by Crippen LogP contribution is -2.40. The van der Waals surface area contributed by atoms with E-state index in [0.717, 1.165) is 28.7 Å². The third-order valence-corrected chi connectivity index (χ3v) is 4.91. The molecule has 1 saturated carbocycles. The molecular weight excluding hydrogens is 271 g/mol. The first-order valence-corrected chi connectivity index (χ1v) is 7.88. The minimum absolute atomic E-state index is 0.194. The third-order valence-electron chi connectivity index (χ3n) is 3.97. The minimum Gasteiger partial charge on any atom is -0.306 e. The molecule has 0 spiro atoms. The van der Waals surface area contributed by atoms with Crippen molar-refractivity contribution in [2.75, 3.05) is 0 Å². The van der Waals surface area contributed by atoms with E-state index in [4.69, 9.17) is 0 Å². The number of aromatic nitrogens is 1. The van der Waals surface area contributed by atoms with E-state index in [0.29, 0.717) is 0 Å². The molecule has 0 amide bonds. The van der Waals surface area contributed by atoms with Crippen LogP contribution in [0.2, 0.25) is 0 Å². The second-order valence-corrected chi connectivity index (χ2v) is 6.86. The van der Waals surface area contributed by atoms with Gasteiger partial charge in [-0.15, -0.1) is 11.3 Å². The van der Waals surface area contributed by atoms with Crippen LogP contribution >= 0.6 is 11.3 Å². The highest BCUT2D eigenvalue weighted by Crippen LogP contribution is 2.39. The molecule has 0 unspecified atom stereocenters. The summed E-state index contributed by atoms with van der Waals surface area (Å²) in [5, 5.41) is 6.62. The monoisotopic (exact) mass is 290 g/mol. The van der Waals surface area contributed by atoms with Crippen molar-refractivity contribution in [3.8, 4) is 10.6 Å². The fraction of sp³-hybridized carbons (Fsp3) is 0.438. The average molecular weight is 290 g/mol. The quantitative estimate of drug-likeness (QED) is 0.891. The summed E-state index contributed by atoms with van der Waals surface area (Å²) in [6, 6.07) is 6.51. The normalized spacial score (nSPS) is 15.6. The summed E-state index contributed by atoms with van der Waals surface area (Å²) >= 11 is 1.61. The first-order chi connectivity index (χ1) is 9.54. The fourth-order valence-corrected chi connectivity index (χ4v) is 3.21. The molecule has 0 saturated heterocycles. The Morgan fingerprint density at radius 1 is 1.30 bits per heavy atom. The van der Waals surface area contributed by atoms with Crippen molar-refractivity contribution in [3.63, 3.8) is 0 Å². The average Bonchev–Trinajstić information content (AvgIpc) is 3.18. The van der Waals surface area contributed by atoms with Crippen molar-refractivity contribution in [3.05, 3.63) is 41.2 Å². The smallest absolute Gasteiger partial charge is 0.123 e. The Balaban J connectivity index is 1.66. The van der Waals surface area contributed by atoms with Gasteiger partial charge >= 0.3 is 0 Å². The lowest BCUT2D eigenvalue weighted by molar-refractivity contribution is 0.338. The number of nitrogens with one attached hydrogen (secondary N) is 1. The molecule has 1 N–H and O–H groups in total. The molecule has 1 aromatic carbocycles. The lowest BCUT2D eigenvalue weighted by atomic mass is 9.99. The molecule has 106 valence electrons. The summed E-state index contributed by atoms with van der Waals surface area (Å²) in [6.45, 7) is 5.32. The van der Waals surface area contributed by atoms with Gasteiger partial charge in [-0.05, 0) is 56.9 Å². The number of hydrogen-bond donors (Lipinski definition) is 1. The standard InChI is InChI=1S/C16H19FN2S/c1-16(2,12-5-6-12)18-9-14-10-20-15(19-14)11-3-7-13(17)8-4-11/h3-4,7-8,10,12,18H,5-6,9H2,1-2H3. The van der Waals surface area contributed by atoms with Crippen molar-refractivity contribution >= 4 is 11.3 Å². The van der Waals surface area contributed by atoms with Crippen LogP contribution in [0.3, 0.4) is 0 Å². The molecule has 1 aromatic heterocycles. The summed E-state index contributed by atoms with van der Waals surface area (Å²) in [7, 11) is 0. The van der Waals surface area contributed by atoms with E-state index in [9.17, 15) is 4.39 Å². The third kappa shape index (κ3) is 3.07. The second kappa shape index (κ2) is 5.26. The van der Waals surface area contributed by atoms with Gasteiger partial charge in [-0.25, -0.2) is 9.37 Å². The number of rotatable bonds is 5. The van der Waals surface area contributed by atoms with Crippen LogP contribution in [0.1, 0.15) is 32.4 Å². The first-order valence-electron chi connectivity index (χ1n) is 7.00. The molecule has 1 fully saturated rings. The predicted molar refractivity (Wildman–Crippen MR) is 81.2 cm³/mol. The topological polar surface area (TPSA) is 24.9 Å². The van der Waals surface area contributed by atoms with Crippen molar-refractivity contribution in [2.24, 2.45) is 5.92 Å². The summed E-state index contributed by atoms with van der Waals surface area (Å²) < 4.78 is 12.9. The Morgan fingerprint density at radius 2 is 2.00 bits per heavy atom. The Bertz CT molecular complexity index is 585. The molecule has 3 rings (SSSR count). The zero-order chi connectivity index (χ0) is 14.2. The van der Waals surface area contributed by atoms with Gasteiger partial charge in [0, 0.05) is 23.0 Å². The highest BCUT2D eigenvalue weighted by atomic mass is 32.1. The molecule has 0 radical (unpaired) electrons. The lowest BCUT2D eigenvalue weighted by Gasteiger charge is -2.25. The number of thiazole rings is 1. The molecule has 2 aromatic rings. The maximum Gasteiger partial charge on any atom is 0.123 e. The van der Waals surface area contributed by atoms with Crippen molar-refractivity contribution in [1.82, 2.24) is 10.3 Å². The van der Waals surface area contributed by atoms with Crippen LogP contribution < -0.4 is 5.32 Å². The van der Waals surface area contributed by atoms with E-state index in [1.165, 1.54) is 25.0 Å². The van der Waals surface area contributed by atoms with Crippen LogP contribution in [-0.4, -0.2) is 10.5 Å². The minimum atomic E-state index is -0.210. The van der Waals surface area contributed by atoms with E-state index in [1.807, 2.05) is 0 Å². The molecule has 0 atom stereocenters. The zero-order valence-corrected chi connectivity index (χ0v) is 12.6. The van der Waals surface area contributed by atoms with E-state index in [-0.39, 0.29) is 11.4 Å². The highest BCUT2D eigenvalue weighted by molar-refractivity contribution is 7.13. The number of nitrogens with zero attached hydrogens (tertiary/aromatic N) is 1. The van der Waals surface area contributed by atoms with Gasteiger partial charge in [0.25, 0.3) is 0 Å². The molecule has 0 bridgehead atoms. The van der Waals surface area contributed by atoms with Gasteiger partial charge in [0.15, 0.2) is 0 Å². The van der Waals surface area contributed by atoms with Gasteiger partial charge < -0.3 is 5.32 Å². The molecule has 0 aliphatic heterocycles. The van der Waals surface area contributed by atoms with Crippen LogP contribution in [0.4, 0.5) is 4.39 Å². The van der Waals surface area contributed by atoms with E-state index < -0.39 is 0 Å². The van der Waals surface area contributed by atoms with Gasteiger partial charge in [-0.1, -0.05) is 0 Å². The molecule has 2 nitrogen and oxygen atoms in total. The number of halogens is 1. The van der Waals surface area contributed by atoms with E-state index in [2.05, 4.69) is 29.5 Å². The largest absolute Gasteiger partial charge is 0.306 e. The first kappa shape index (κ1) is 13.7. The van der Waals surface area contributed by atoms with Crippen molar-refractivity contribution in [2.45, 2.75) is 38.8 Å². The molecule has 4 heteroatoms. The van der Waals surface area contributed by atoms with Crippen LogP contribution in [0.15, 0.2) is 29.6 Å².